The van der Waals surface area contributed by atoms with Crippen LogP contribution in [0.25, 0.3) is 0 Å². The van der Waals surface area contributed by atoms with Crippen LogP contribution in [-0.2, 0) is 4.79 Å². The number of amides is 1. The topological polar surface area (TPSA) is 62.6 Å². The lowest BCUT2D eigenvalue weighted by atomic mass is 10.0. The summed E-state index contributed by atoms with van der Waals surface area (Å²) in [5.41, 5.74) is 2.25. The van der Waals surface area contributed by atoms with Crippen molar-refractivity contribution in [2.24, 2.45) is 0 Å². The molecule has 2 aliphatic heterocycles. The number of likely N-dealkylation sites (tertiary alicyclic amines) is 1. The van der Waals surface area contributed by atoms with Gasteiger partial charge in [-0.15, -0.1) is 0 Å². The number of nitriles is 1. The molecule has 6 nitrogen and oxygen atoms in total. The van der Waals surface area contributed by atoms with Gasteiger partial charge < -0.3 is 20.0 Å². The molecule has 3 rings (SSSR count). The van der Waals surface area contributed by atoms with Crippen molar-refractivity contribution in [2.45, 2.75) is 38.1 Å². The van der Waals surface area contributed by atoms with Gasteiger partial charge in [-0.25, -0.2) is 0 Å². The van der Waals surface area contributed by atoms with E-state index in [1.165, 1.54) is 31.1 Å². The van der Waals surface area contributed by atoms with E-state index in [0.717, 1.165) is 44.7 Å². The number of carbonyl (C=O) groups is 1. The van der Waals surface area contributed by atoms with Gasteiger partial charge in [-0.3, -0.25) is 4.79 Å². The van der Waals surface area contributed by atoms with Gasteiger partial charge in [0, 0.05) is 43.8 Å². The number of benzene rings is 1. The summed E-state index contributed by atoms with van der Waals surface area (Å²) in [4.78, 5) is 19.1. The first-order valence-electron chi connectivity index (χ1n) is 10.3. The van der Waals surface area contributed by atoms with E-state index in [1.54, 1.807) is 11.9 Å². The summed E-state index contributed by atoms with van der Waals surface area (Å²) >= 11 is 0. The van der Waals surface area contributed by atoms with Gasteiger partial charge >= 0.3 is 0 Å². The molecule has 2 fully saturated rings. The number of likely N-dealkylation sites (N-methyl/N-ethyl adjacent to an activating group) is 1. The number of rotatable bonds is 5. The average molecular weight is 382 g/mol. The normalized spacial score (nSPS) is 19.2. The molecule has 1 aromatic rings. The van der Waals surface area contributed by atoms with Gasteiger partial charge in [0.2, 0.25) is 0 Å². The Morgan fingerprint density at radius 1 is 1.14 bits per heavy atom. The van der Waals surface area contributed by atoms with Gasteiger partial charge in [-0.1, -0.05) is 0 Å². The van der Waals surface area contributed by atoms with Crippen LogP contribution in [-0.4, -0.2) is 62.0 Å². The third kappa shape index (κ3) is 5.05. The molecule has 6 heteroatoms. The Hall–Kier alpha value is -2.52. The third-order valence-corrected chi connectivity index (χ3v) is 5.88. The van der Waals surface area contributed by atoms with Crippen LogP contribution in [0.5, 0.6) is 0 Å². The van der Waals surface area contributed by atoms with Crippen molar-refractivity contribution >= 4 is 17.3 Å². The highest BCUT2D eigenvalue weighted by Gasteiger charge is 2.25. The first-order valence-corrected chi connectivity index (χ1v) is 10.3. The zero-order valence-corrected chi connectivity index (χ0v) is 17.0. The molecule has 0 spiro atoms. The molecule has 0 atom stereocenters. The molecule has 0 unspecified atom stereocenters. The van der Waals surface area contributed by atoms with E-state index in [-0.39, 0.29) is 17.5 Å². The Morgan fingerprint density at radius 2 is 1.79 bits per heavy atom. The number of hydrogen-bond acceptors (Lipinski definition) is 5. The van der Waals surface area contributed by atoms with Gasteiger partial charge in [0.05, 0.1) is 0 Å². The van der Waals surface area contributed by atoms with Crippen LogP contribution in [0.3, 0.4) is 0 Å². The second-order valence-electron chi connectivity index (χ2n) is 7.86. The fourth-order valence-electron chi connectivity index (χ4n) is 3.96. The Morgan fingerprint density at radius 3 is 2.39 bits per heavy atom. The van der Waals surface area contributed by atoms with E-state index in [0.29, 0.717) is 0 Å². The first kappa shape index (κ1) is 20.2. The Bertz CT molecular complexity index is 722. The van der Waals surface area contributed by atoms with Crippen molar-refractivity contribution in [1.82, 2.24) is 9.80 Å². The van der Waals surface area contributed by atoms with E-state index in [1.807, 2.05) is 12.1 Å². The monoisotopic (exact) mass is 381 g/mol. The van der Waals surface area contributed by atoms with E-state index < -0.39 is 0 Å². The van der Waals surface area contributed by atoms with Crippen LogP contribution in [0, 0.1) is 11.3 Å². The molecular weight excluding hydrogens is 350 g/mol. The summed E-state index contributed by atoms with van der Waals surface area (Å²) in [7, 11) is 3.90. The molecule has 1 aromatic carbocycles. The molecule has 0 aromatic heterocycles. The average Bonchev–Trinajstić information content (AvgIpc) is 2.75. The smallest absolute Gasteiger partial charge is 0.266 e. The molecule has 0 radical (unpaired) electrons. The van der Waals surface area contributed by atoms with Crippen molar-refractivity contribution in [3.05, 3.63) is 36.0 Å². The highest BCUT2D eigenvalue weighted by atomic mass is 16.2. The number of nitrogens with one attached hydrogen (secondary N) is 1. The van der Waals surface area contributed by atoms with Crippen LogP contribution in [0.2, 0.25) is 0 Å². The molecule has 150 valence electrons. The zero-order chi connectivity index (χ0) is 19.9. The summed E-state index contributed by atoms with van der Waals surface area (Å²) in [5, 5.41) is 12.6. The van der Waals surface area contributed by atoms with Gasteiger partial charge in [0.15, 0.2) is 0 Å². The second kappa shape index (κ2) is 9.61. The number of nitrogens with zero attached hydrogens (tertiary/aromatic N) is 4. The van der Waals surface area contributed by atoms with Crippen LogP contribution >= 0.6 is 0 Å². The van der Waals surface area contributed by atoms with E-state index in [2.05, 4.69) is 40.4 Å². The molecule has 0 aliphatic carbocycles. The highest BCUT2D eigenvalue weighted by molar-refractivity contribution is 5.97. The number of hydrogen-bond donors (Lipinski definition) is 1. The summed E-state index contributed by atoms with van der Waals surface area (Å²) in [6.07, 6.45) is 7.25. The van der Waals surface area contributed by atoms with E-state index in [9.17, 15) is 10.1 Å². The number of carbonyl (C=O) groups excluding carboxylic acids is 1. The quantitative estimate of drug-likeness (QED) is 0.627. The van der Waals surface area contributed by atoms with Crippen molar-refractivity contribution in [2.75, 3.05) is 50.5 Å². The van der Waals surface area contributed by atoms with E-state index >= 15 is 0 Å². The Kier molecular flexibility index (Phi) is 6.94. The lowest BCUT2D eigenvalue weighted by Crippen LogP contribution is -2.44. The molecule has 28 heavy (non-hydrogen) atoms. The maximum absolute atomic E-state index is 12.7. The zero-order valence-electron chi connectivity index (χ0n) is 17.0. The standard InChI is InChI=1S/C22H31N5O/c1-25-14-10-20(11-15-25)26(2)22(28)18(16-23)17-24-19-6-8-21(9-7-19)27-12-4-3-5-13-27/h6-9,17,20,24H,3-5,10-15H2,1-2H3/b18-17-. The maximum atomic E-state index is 12.7. The number of piperidine rings is 2. The predicted molar refractivity (Wildman–Crippen MR) is 113 cm³/mol. The molecule has 1 amide bonds. The second-order valence-corrected chi connectivity index (χ2v) is 7.86. The summed E-state index contributed by atoms with van der Waals surface area (Å²) in [5.74, 6) is -0.213. The van der Waals surface area contributed by atoms with Gasteiger partial charge in [0.25, 0.3) is 5.91 Å². The Balaban J connectivity index is 1.59. The van der Waals surface area contributed by atoms with E-state index in [4.69, 9.17) is 0 Å². The van der Waals surface area contributed by atoms with Crippen LogP contribution in [0.1, 0.15) is 32.1 Å². The lowest BCUT2D eigenvalue weighted by molar-refractivity contribution is -0.128. The largest absolute Gasteiger partial charge is 0.372 e. The Labute approximate surface area is 168 Å². The fraction of sp³-hybridized carbons (Fsp3) is 0.545. The van der Waals surface area contributed by atoms with Gasteiger partial charge in [0.1, 0.15) is 11.6 Å². The minimum Gasteiger partial charge on any atom is -0.372 e. The van der Waals surface area contributed by atoms with Crippen molar-refractivity contribution < 1.29 is 4.79 Å². The predicted octanol–water partition coefficient (Wildman–Crippen LogP) is 3.05. The van der Waals surface area contributed by atoms with Gasteiger partial charge in [-0.05, 0) is 76.5 Å². The van der Waals surface area contributed by atoms with Crippen molar-refractivity contribution in [3.8, 4) is 6.07 Å². The first-order chi connectivity index (χ1) is 13.6. The fourth-order valence-corrected chi connectivity index (χ4v) is 3.96. The molecule has 1 N–H and O–H groups in total. The minimum absolute atomic E-state index is 0.140. The molecule has 0 bridgehead atoms. The minimum atomic E-state index is -0.213. The lowest BCUT2D eigenvalue weighted by Gasteiger charge is -2.35. The van der Waals surface area contributed by atoms with Crippen LogP contribution < -0.4 is 10.2 Å². The van der Waals surface area contributed by atoms with Gasteiger partial charge in [-0.2, -0.15) is 5.26 Å². The molecule has 2 aliphatic rings. The number of anilines is 2. The summed E-state index contributed by atoms with van der Waals surface area (Å²) in [6, 6.07) is 10.4. The maximum Gasteiger partial charge on any atom is 0.266 e. The van der Waals surface area contributed by atoms with Crippen molar-refractivity contribution in [1.29, 1.82) is 5.26 Å². The summed E-state index contributed by atoms with van der Waals surface area (Å²) in [6.45, 7) is 4.19. The molecular formula is C22H31N5O. The molecule has 0 saturated carbocycles. The van der Waals surface area contributed by atoms with Crippen LogP contribution in [0.4, 0.5) is 11.4 Å². The SMILES string of the molecule is CN1CCC(N(C)C(=O)/C(C#N)=C\Nc2ccc(N3CCCCC3)cc2)CC1. The van der Waals surface area contributed by atoms with Crippen LogP contribution in [0.15, 0.2) is 36.0 Å². The molecule has 2 heterocycles. The molecule has 2 saturated heterocycles. The third-order valence-electron chi connectivity index (χ3n) is 5.88. The highest BCUT2D eigenvalue weighted by Crippen LogP contribution is 2.22. The summed E-state index contributed by atoms with van der Waals surface area (Å²) < 4.78 is 0. The van der Waals surface area contributed by atoms with Crippen molar-refractivity contribution in [3.63, 3.8) is 0 Å².